The van der Waals surface area contributed by atoms with Crippen LogP contribution in [0.15, 0.2) is 48.5 Å². The highest BCUT2D eigenvalue weighted by Crippen LogP contribution is 2.21. The predicted molar refractivity (Wildman–Crippen MR) is 99.8 cm³/mol. The van der Waals surface area contributed by atoms with Gasteiger partial charge in [-0.05, 0) is 56.2 Å². The van der Waals surface area contributed by atoms with E-state index in [-0.39, 0.29) is 5.97 Å². The number of halogens is 1. The minimum Gasteiger partial charge on any atom is -0.476 e. The van der Waals surface area contributed by atoms with Crippen LogP contribution >= 0.6 is 11.6 Å². The molecule has 0 radical (unpaired) electrons. The van der Waals surface area contributed by atoms with Crippen molar-refractivity contribution >= 4 is 17.6 Å². The molecule has 2 aromatic rings. The summed E-state index contributed by atoms with van der Waals surface area (Å²) in [5.41, 5.74) is 1.22. The fourth-order valence-corrected chi connectivity index (χ4v) is 2.44. The minimum atomic E-state index is -1.02. The molecule has 0 atom stereocenters. The second kappa shape index (κ2) is 8.88. The molecular weight excluding hydrogens is 338 g/mol. The van der Waals surface area contributed by atoms with Crippen LogP contribution in [-0.2, 0) is 22.6 Å². The number of ether oxygens (including phenoxy) is 2. The predicted octanol–water partition coefficient (Wildman–Crippen LogP) is 4.35. The molecule has 4 nitrogen and oxygen atoms in total. The standard InChI is InChI=1S/C20H24ClNO3/c1-4-24-19(23)20(2,3)25-18-7-5-6-16(12-18)14-22-13-15-8-10-17(21)11-9-15/h5-12,22H,4,13-14H2,1-3H3. The van der Waals surface area contributed by atoms with Crippen LogP contribution in [0, 0.1) is 0 Å². The van der Waals surface area contributed by atoms with Crippen molar-refractivity contribution in [1.29, 1.82) is 0 Å². The highest BCUT2D eigenvalue weighted by Gasteiger charge is 2.31. The summed E-state index contributed by atoms with van der Waals surface area (Å²) in [4.78, 5) is 11.9. The summed E-state index contributed by atoms with van der Waals surface area (Å²) in [6, 6.07) is 15.4. The van der Waals surface area contributed by atoms with Gasteiger partial charge in [-0.15, -0.1) is 0 Å². The van der Waals surface area contributed by atoms with E-state index < -0.39 is 5.60 Å². The van der Waals surface area contributed by atoms with Crippen molar-refractivity contribution in [3.8, 4) is 5.75 Å². The zero-order valence-electron chi connectivity index (χ0n) is 14.8. The zero-order valence-corrected chi connectivity index (χ0v) is 15.6. The quantitative estimate of drug-likeness (QED) is 0.710. The third-order valence-corrected chi connectivity index (χ3v) is 3.86. The van der Waals surface area contributed by atoms with Gasteiger partial charge in [0.05, 0.1) is 6.61 Å². The second-order valence-corrected chi connectivity index (χ2v) is 6.65. The van der Waals surface area contributed by atoms with Gasteiger partial charge in [-0.25, -0.2) is 4.79 Å². The van der Waals surface area contributed by atoms with Crippen molar-refractivity contribution in [2.45, 2.75) is 39.5 Å². The second-order valence-electron chi connectivity index (χ2n) is 6.21. The maximum absolute atomic E-state index is 11.9. The molecular formula is C20H24ClNO3. The van der Waals surface area contributed by atoms with Gasteiger partial charge in [0.15, 0.2) is 5.60 Å². The molecule has 1 N–H and O–H groups in total. The normalized spacial score (nSPS) is 11.2. The summed E-state index contributed by atoms with van der Waals surface area (Å²) in [6.07, 6.45) is 0. The molecule has 0 saturated carbocycles. The fraction of sp³-hybridized carbons (Fsp3) is 0.350. The third-order valence-electron chi connectivity index (χ3n) is 3.61. The SMILES string of the molecule is CCOC(=O)C(C)(C)Oc1cccc(CNCc2ccc(Cl)cc2)c1. The van der Waals surface area contributed by atoms with E-state index in [1.54, 1.807) is 20.8 Å². The Morgan fingerprint density at radius 3 is 2.44 bits per heavy atom. The summed E-state index contributed by atoms with van der Waals surface area (Å²) >= 11 is 5.89. The van der Waals surface area contributed by atoms with Crippen LogP contribution in [0.5, 0.6) is 5.75 Å². The number of carbonyl (C=O) groups is 1. The summed E-state index contributed by atoms with van der Waals surface area (Å²) in [5, 5.41) is 4.11. The number of benzene rings is 2. The summed E-state index contributed by atoms with van der Waals surface area (Å²) in [7, 11) is 0. The lowest BCUT2D eigenvalue weighted by Gasteiger charge is -2.24. The monoisotopic (exact) mass is 361 g/mol. The van der Waals surface area contributed by atoms with E-state index in [9.17, 15) is 4.79 Å². The highest BCUT2D eigenvalue weighted by atomic mass is 35.5. The summed E-state index contributed by atoms with van der Waals surface area (Å²) < 4.78 is 10.9. The molecule has 0 spiro atoms. The van der Waals surface area contributed by atoms with E-state index in [2.05, 4.69) is 5.32 Å². The highest BCUT2D eigenvalue weighted by molar-refractivity contribution is 6.30. The molecule has 0 bridgehead atoms. The summed E-state index contributed by atoms with van der Waals surface area (Å²) in [5.74, 6) is 0.269. The average Bonchev–Trinajstić information content (AvgIpc) is 2.57. The van der Waals surface area contributed by atoms with Crippen molar-refractivity contribution in [3.63, 3.8) is 0 Å². The lowest BCUT2D eigenvalue weighted by Crippen LogP contribution is -2.39. The van der Waals surface area contributed by atoms with E-state index >= 15 is 0 Å². The van der Waals surface area contributed by atoms with Gasteiger partial charge in [-0.1, -0.05) is 35.9 Å². The van der Waals surface area contributed by atoms with E-state index in [0.29, 0.717) is 18.9 Å². The molecule has 0 aromatic heterocycles. The lowest BCUT2D eigenvalue weighted by atomic mass is 10.1. The molecule has 0 heterocycles. The average molecular weight is 362 g/mol. The first-order valence-corrected chi connectivity index (χ1v) is 8.69. The van der Waals surface area contributed by atoms with Crippen LogP contribution in [-0.4, -0.2) is 18.2 Å². The van der Waals surface area contributed by atoms with Crippen molar-refractivity contribution in [1.82, 2.24) is 5.32 Å². The van der Waals surface area contributed by atoms with Crippen LogP contribution < -0.4 is 10.1 Å². The molecule has 0 aliphatic rings. The molecule has 0 unspecified atom stereocenters. The van der Waals surface area contributed by atoms with Gasteiger partial charge >= 0.3 is 5.97 Å². The lowest BCUT2D eigenvalue weighted by molar-refractivity contribution is -0.158. The zero-order chi connectivity index (χ0) is 18.3. The van der Waals surface area contributed by atoms with Crippen molar-refractivity contribution in [2.24, 2.45) is 0 Å². The molecule has 2 aromatic carbocycles. The van der Waals surface area contributed by atoms with Gasteiger partial charge in [0, 0.05) is 18.1 Å². The van der Waals surface area contributed by atoms with Crippen LogP contribution in [0.25, 0.3) is 0 Å². The molecule has 0 amide bonds. The molecule has 2 rings (SSSR count). The van der Waals surface area contributed by atoms with Crippen LogP contribution in [0.1, 0.15) is 31.9 Å². The van der Waals surface area contributed by atoms with Crippen molar-refractivity contribution in [2.75, 3.05) is 6.61 Å². The molecule has 25 heavy (non-hydrogen) atoms. The topological polar surface area (TPSA) is 47.6 Å². The van der Waals surface area contributed by atoms with E-state index in [4.69, 9.17) is 21.1 Å². The molecule has 0 saturated heterocycles. The van der Waals surface area contributed by atoms with E-state index in [0.717, 1.165) is 17.1 Å². The first-order valence-electron chi connectivity index (χ1n) is 8.31. The van der Waals surface area contributed by atoms with Crippen LogP contribution in [0.2, 0.25) is 5.02 Å². The number of nitrogens with one attached hydrogen (secondary N) is 1. The molecule has 0 aliphatic heterocycles. The van der Waals surface area contributed by atoms with Gasteiger partial charge in [0.25, 0.3) is 0 Å². The van der Waals surface area contributed by atoms with Crippen molar-refractivity contribution < 1.29 is 14.3 Å². The maximum Gasteiger partial charge on any atom is 0.349 e. The Balaban J connectivity index is 1.92. The van der Waals surface area contributed by atoms with E-state index in [1.807, 2.05) is 48.5 Å². The maximum atomic E-state index is 11.9. The van der Waals surface area contributed by atoms with Gasteiger partial charge in [0.1, 0.15) is 5.75 Å². The van der Waals surface area contributed by atoms with E-state index in [1.165, 1.54) is 5.56 Å². The van der Waals surface area contributed by atoms with Crippen LogP contribution in [0.4, 0.5) is 0 Å². The van der Waals surface area contributed by atoms with Gasteiger partial charge in [-0.2, -0.15) is 0 Å². The van der Waals surface area contributed by atoms with Crippen molar-refractivity contribution in [3.05, 3.63) is 64.7 Å². The molecule has 0 fully saturated rings. The Hall–Kier alpha value is -2.04. The number of esters is 1. The fourth-order valence-electron chi connectivity index (χ4n) is 2.31. The Bertz CT molecular complexity index is 698. The Morgan fingerprint density at radius 1 is 1.08 bits per heavy atom. The molecule has 0 aliphatic carbocycles. The Labute approximate surface area is 154 Å². The first-order chi connectivity index (χ1) is 11.9. The molecule has 134 valence electrons. The van der Waals surface area contributed by atoms with Crippen LogP contribution in [0.3, 0.4) is 0 Å². The van der Waals surface area contributed by atoms with Gasteiger partial charge < -0.3 is 14.8 Å². The smallest absolute Gasteiger partial charge is 0.349 e. The minimum absolute atomic E-state index is 0.334. The summed E-state index contributed by atoms with van der Waals surface area (Å²) in [6.45, 7) is 6.96. The number of hydrogen-bond acceptors (Lipinski definition) is 4. The number of hydrogen-bond donors (Lipinski definition) is 1. The number of carbonyl (C=O) groups excluding carboxylic acids is 1. The molecule has 5 heteroatoms. The Morgan fingerprint density at radius 2 is 1.76 bits per heavy atom. The van der Waals surface area contributed by atoms with Gasteiger partial charge in [-0.3, -0.25) is 0 Å². The third kappa shape index (κ3) is 6.07. The first kappa shape index (κ1) is 19.3. The Kier molecular flexibility index (Phi) is 6.85. The van der Waals surface area contributed by atoms with Gasteiger partial charge in [0.2, 0.25) is 0 Å². The largest absolute Gasteiger partial charge is 0.476 e. The number of rotatable bonds is 8.